The fourth-order valence-electron chi connectivity index (χ4n) is 1.68. The van der Waals surface area contributed by atoms with Crippen LogP contribution in [-0.4, -0.2) is 36.0 Å². The zero-order valence-electron chi connectivity index (χ0n) is 11.6. The number of benzene rings is 1. The van der Waals surface area contributed by atoms with E-state index in [1.807, 2.05) is 0 Å². The third-order valence-electron chi connectivity index (χ3n) is 2.88. The van der Waals surface area contributed by atoms with Gasteiger partial charge in [-0.15, -0.1) is 5.10 Å². The lowest BCUT2D eigenvalue weighted by molar-refractivity contribution is 0.0802. The van der Waals surface area contributed by atoms with Crippen molar-refractivity contribution in [3.05, 3.63) is 23.8 Å². The monoisotopic (exact) mass is 277 g/mol. The van der Waals surface area contributed by atoms with Crippen molar-refractivity contribution in [1.29, 1.82) is 0 Å². The molecular formula is C13H19N3O2Si. The van der Waals surface area contributed by atoms with Gasteiger partial charge in [0, 0.05) is 20.2 Å². The van der Waals surface area contributed by atoms with Crippen LogP contribution in [0.4, 0.5) is 0 Å². The fraction of sp³-hybridized carbons (Fsp3) is 0.462. The predicted molar refractivity (Wildman–Crippen MR) is 77.0 cm³/mol. The molecule has 1 aromatic heterocycles. The number of carbonyl (C=O) groups is 1. The van der Waals surface area contributed by atoms with Gasteiger partial charge in [0.1, 0.15) is 18.5 Å². The molecule has 0 aliphatic heterocycles. The Morgan fingerprint density at radius 3 is 2.84 bits per heavy atom. The lowest BCUT2D eigenvalue weighted by Crippen LogP contribution is -2.22. The van der Waals surface area contributed by atoms with Gasteiger partial charge in [-0.05, 0) is 24.2 Å². The summed E-state index contributed by atoms with van der Waals surface area (Å²) in [5.74, 6) is 0. The molecule has 0 saturated heterocycles. The molecule has 6 heteroatoms. The highest BCUT2D eigenvalue weighted by Crippen LogP contribution is 2.13. The first kappa shape index (κ1) is 13.9. The topological polar surface area (TPSA) is 57.0 Å². The van der Waals surface area contributed by atoms with Gasteiger partial charge in [-0.1, -0.05) is 24.9 Å². The number of rotatable bonds is 6. The second-order valence-corrected chi connectivity index (χ2v) is 11.4. The lowest BCUT2D eigenvalue weighted by Gasteiger charge is -2.15. The van der Waals surface area contributed by atoms with E-state index in [2.05, 4.69) is 30.0 Å². The molecule has 0 aliphatic carbocycles. The summed E-state index contributed by atoms with van der Waals surface area (Å²) < 4.78 is 7.33. The van der Waals surface area contributed by atoms with Crippen LogP contribution in [0.3, 0.4) is 0 Å². The molecule has 1 heterocycles. The molecule has 0 saturated carbocycles. The summed E-state index contributed by atoms with van der Waals surface area (Å²) in [5, 5.41) is 8.09. The Labute approximate surface area is 113 Å². The van der Waals surface area contributed by atoms with Crippen molar-refractivity contribution in [2.45, 2.75) is 32.4 Å². The Balaban J connectivity index is 2.02. The summed E-state index contributed by atoms with van der Waals surface area (Å²) in [6.07, 6.45) is 0.822. The van der Waals surface area contributed by atoms with Crippen molar-refractivity contribution in [2.75, 3.05) is 6.61 Å². The zero-order valence-corrected chi connectivity index (χ0v) is 12.6. The minimum atomic E-state index is -1.06. The van der Waals surface area contributed by atoms with Crippen LogP contribution in [0, 0.1) is 0 Å². The zero-order chi connectivity index (χ0) is 13.9. The maximum absolute atomic E-state index is 10.8. The molecule has 19 heavy (non-hydrogen) atoms. The Morgan fingerprint density at radius 1 is 1.37 bits per heavy atom. The average molecular weight is 277 g/mol. The number of hydrogen-bond donors (Lipinski definition) is 0. The van der Waals surface area contributed by atoms with Gasteiger partial charge in [0.15, 0.2) is 0 Å². The second kappa shape index (κ2) is 5.62. The Kier molecular flexibility index (Phi) is 4.11. The minimum Gasteiger partial charge on any atom is -0.359 e. The van der Waals surface area contributed by atoms with E-state index in [1.165, 1.54) is 0 Å². The van der Waals surface area contributed by atoms with E-state index in [0.717, 1.165) is 30.0 Å². The van der Waals surface area contributed by atoms with Crippen LogP contribution in [0.1, 0.15) is 10.4 Å². The van der Waals surface area contributed by atoms with Gasteiger partial charge in [0.05, 0.1) is 5.52 Å². The molecule has 0 aliphatic rings. The molecule has 0 atom stereocenters. The van der Waals surface area contributed by atoms with Crippen molar-refractivity contribution in [1.82, 2.24) is 15.0 Å². The van der Waals surface area contributed by atoms with Gasteiger partial charge in [-0.2, -0.15) is 0 Å². The van der Waals surface area contributed by atoms with Crippen LogP contribution in [0.5, 0.6) is 0 Å². The number of fused-ring (bicyclic) bond motifs is 1. The SMILES string of the molecule is C[Si](C)(C)CCOCn1nnc2ccc(C=O)cc21. The average Bonchev–Trinajstić information content (AvgIpc) is 2.76. The van der Waals surface area contributed by atoms with E-state index in [1.54, 1.807) is 22.9 Å². The van der Waals surface area contributed by atoms with E-state index in [4.69, 9.17) is 4.74 Å². The maximum atomic E-state index is 10.8. The molecule has 102 valence electrons. The van der Waals surface area contributed by atoms with Gasteiger partial charge >= 0.3 is 0 Å². The number of nitrogens with zero attached hydrogens (tertiary/aromatic N) is 3. The highest BCUT2D eigenvalue weighted by Gasteiger charge is 2.12. The number of aldehydes is 1. The smallest absolute Gasteiger partial charge is 0.150 e. The lowest BCUT2D eigenvalue weighted by atomic mass is 10.2. The van der Waals surface area contributed by atoms with E-state index >= 15 is 0 Å². The second-order valence-electron chi connectivity index (χ2n) is 5.80. The molecule has 0 radical (unpaired) electrons. The third-order valence-corrected chi connectivity index (χ3v) is 4.59. The maximum Gasteiger partial charge on any atom is 0.150 e. The van der Waals surface area contributed by atoms with Gasteiger partial charge in [-0.25, -0.2) is 4.68 Å². The van der Waals surface area contributed by atoms with Crippen molar-refractivity contribution in [3.8, 4) is 0 Å². The molecule has 0 amide bonds. The molecule has 0 unspecified atom stereocenters. The molecule has 0 N–H and O–H groups in total. The van der Waals surface area contributed by atoms with Crippen LogP contribution in [0.2, 0.25) is 25.7 Å². The first-order chi connectivity index (χ1) is 8.99. The predicted octanol–water partition coefficient (Wildman–Crippen LogP) is 2.56. The number of ether oxygens (including phenoxy) is 1. The molecule has 0 fully saturated rings. The summed E-state index contributed by atoms with van der Waals surface area (Å²) in [7, 11) is -1.06. The fourth-order valence-corrected chi connectivity index (χ4v) is 2.44. The molecule has 0 bridgehead atoms. The first-order valence-electron chi connectivity index (χ1n) is 6.36. The summed E-state index contributed by atoms with van der Waals surface area (Å²) >= 11 is 0. The molecular weight excluding hydrogens is 258 g/mol. The Morgan fingerprint density at radius 2 is 2.16 bits per heavy atom. The molecule has 0 spiro atoms. The summed E-state index contributed by atoms with van der Waals surface area (Å²) in [5.41, 5.74) is 2.23. The highest BCUT2D eigenvalue weighted by molar-refractivity contribution is 6.76. The van der Waals surface area contributed by atoms with E-state index in [0.29, 0.717) is 12.3 Å². The van der Waals surface area contributed by atoms with Crippen LogP contribution >= 0.6 is 0 Å². The van der Waals surface area contributed by atoms with Gasteiger partial charge < -0.3 is 4.74 Å². The largest absolute Gasteiger partial charge is 0.359 e. The van der Waals surface area contributed by atoms with Crippen molar-refractivity contribution in [2.24, 2.45) is 0 Å². The van der Waals surface area contributed by atoms with E-state index in [-0.39, 0.29) is 0 Å². The summed E-state index contributed by atoms with van der Waals surface area (Å²) in [4.78, 5) is 10.8. The number of carbonyl (C=O) groups excluding carboxylic acids is 1. The molecule has 5 nitrogen and oxygen atoms in total. The summed E-state index contributed by atoms with van der Waals surface area (Å²) in [6.45, 7) is 8.07. The van der Waals surface area contributed by atoms with Crippen molar-refractivity contribution >= 4 is 25.4 Å². The van der Waals surface area contributed by atoms with Crippen LogP contribution in [0.25, 0.3) is 11.0 Å². The molecule has 2 aromatic rings. The Bertz CT molecular complexity index is 575. The molecule has 2 rings (SSSR count). The van der Waals surface area contributed by atoms with Crippen LogP contribution < -0.4 is 0 Å². The highest BCUT2D eigenvalue weighted by atomic mass is 28.3. The van der Waals surface area contributed by atoms with Gasteiger partial charge in [0.2, 0.25) is 0 Å². The summed E-state index contributed by atoms with van der Waals surface area (Å²) in [6, 6.07) is 6.44. The van der Waals surface area contributed by atoms with Crippen LogP contribution in [0.15, 0.2) is 18.2 Å². The third kappa shape index (κ3) is 3.71. The van der Waals surface area contributed by atoms with Crippen LogP contribution in [-0.2, 0) is 11.5 Å². The number of hydrogen-bond acceptors (Lipinski definition) is 4. The van der Waals surface area contributed by atoms with Gasteiger partial charge in [0.25, 0.3) is 0 Å². The first-order valence-corrected chi connectivity index (χ1v) is 10.1. The van der Waals surface area contributed by atoms with Crippen molar-refractivity contribution in [3.63, 3.8) is 0 Å². The molecule has 1 aromatic carbocycles. The normalized spacial score (nSPS) is 11.9. The van der Waals surface area contributed by atoms with E-state index < -0.39 is 8.07 Å². The quantitative estimate of drug-likeness (QED) is 0.462. The minimum absolute atomic E-state index is 0.378. The number of aromatic nitrogens is 3. The standard InChI is InChI=1S/C13H19N3O2Si/c1-19(2,3)7-6-18-10-16-13-8-11(9-17)4-5-12(13)14-15-16/h4-5,8-9H,6-7,10H2,1-3H3. The van der Waals surface area contributed by atoms with E-state index in [9.17, 15) is 4.79 Å². The van der Waals surface area contributed by atoms with Gasteiger partial charge in [-0.3, -0.25) is 4.79 Å². The van der Waals surface area contributed by atoms with Crippen molar-refractivity contribution < 1.29 is 9.53 Å². The Hall–Kier alpha value is -1.53.